The average Bonchev–Trinajstić information content (AvgIpc) is 2.17. The van der Waals surface area contributed by atoms with Gasteiger partial charge in [0.1, 0.15) is 0 Å². The van der Waals surface area contributed by atoms with Crippen LogP contribution in [-0.4, -0.2) is 10.3 Å². The first kappa shape index (κ1) is 10.1. The SMILES string of the molecule is CC(=O)N(Cl)[C@H](C)c1ccccc1. The molecule has 0 saturated carbocycles. The fraction of sp³-hybridized carbons (Fsp3) is 0.300. The fourth-order valence-electron chi connectivity index (χ4n) is 1.14. The van der Waals surface area contributed by atoms with E-state index in [-0.39, 0.29) is 11.9 Å². The fourth-order valence-corrected chi connectivity index (χ4v) is 1.25. The summed E-state index contributed by atoms with van der Waals surface area (Å²) in [5, 5.41) is 0. The van der Waals surface area contributed by atoms with Crippen molar-refractivity contribution in [2.75, 3.05) is 0 Å². The highest BCUT2D eigenvalue weighted by molar-refractivity contribution is 6.21. The summed E-state index contributed by atoms with van der Waals surface area (Å²) in [4.78, 5) is 11.0. The standard InChI is InChI=1S/C10H12ClNO/c1-8(12(11)9(2)13)10-6-4-3-5-7-10/h3-8H,1-2H3/t8-/m1/s1. The molecular weight excluding hydrogens is 186 g/mol. The van der Waals surface area contributed by atoms with Gasteiger partial charge >= 0.3 is 0 Å². The van der Waals surface area contributed by atoms with E-state index in [1.165, 1.54) is 11.3 Å². The Bertz CT molecular complexity index is 286. The minimum Gasteiger partial charge on any atom is -0.274 e. The van der Waals surface area contributed by atoms with Crippen LogP contribution in [0, 0.1) is 0 Å². The lowest BCUT2D eigenvalue weighted by Crippen LogP contribution is -2.21. The molecule has 1 amide bonds. The Morgan fingerprint density at radius 1 is 1.38 bits per heavy atom. The van der Waals surface area contributed by atoms with Gasteiger partial charge in [0, 0.05) is 18.7 Å². The molecule has 0 spiro atoms. The molecule has 1 aromatic carbocycles. The number of carbonyl (C=O) groups excluding carboxylic acids is 1. The summed E-state index contributed by atoms with van der Waals surface area (Å²) in [6.45, 7) is 3.34. The first-order chi connectivity index (χ1) is 6.13. The van der Waals surface area contributed by atoms with Crippen molar-refractivity contribution in [3.05, 3.63) is 35.9 Å². The lowest BCUT2D eigenvalue weighted by Gasteiger charge is -2.20. The third-order valence-corrected chi connectivity index (χ3v) is 2.45. The van der Waals surface area contributed by atoms with Crippen LogP contribution in [0.1, 0.15) is 25.5 Å². The molecule has 13 heavy (non-hydrogen) atoms. The molecule has 0 fully saturated rings. The van der Waals surface area contributed by atoms with Gasteiger partial charge in [-0.25, -0.2) is 4.42 Å². The van der Waals surface area contributed by atoms with Crippen LogP contribution >= 0.6 is 11.8 Å². The van der Waals surface area contributed by atoms with Gasteiger partial charge in [0.2, 0.25) is 5.91 Å². The maximum absolute atomic E-state index is 11.0. The molecule has 0 heterocycles. The number of carbonyl (C=O) groups is 1. The summed E-state index contributed by atoms with van der Waals surface area (Å²) >= 11 is 5.78. The molecule has 0 bridgehead atoms. The summed E-state index contributed by atoms with van der Waals surface area (Å²) in [5.41, 5.74) is 1.03. The number of amides is 1. The maximum atomic E-state index is 11.0. The quantitative estimate of drug-likeness (QED) is 0.668. The summed E-state index contributed by atoms with van der Waals surface area (Å²) in [7, 11) is 0. The highest BCUT2D eigenvalue weighted by Crippen LogP contribution is 2.21. The third kappa shape index (κ3) is 2.46. The average molecular weight is 198 g/mol. The van der Waals surface area contributed by atoms with Crippen molar-refractivity contribution in [3.63, 3.8) is 0 Å². The minimum atomic E-state index is -0.141. The van der Waals surface area contributed by atoms with E-state index in [0.717, 1.165) is 5.56 Å². The molecule has 3 heteroatoms. The molecule has 70 valence electrons. The predicted octanol–water partition coefficient (Wildman–Crippen LogP) is 2.75. The van der Waals surface area contributed by atoms with Gasteiger partial charge in [-0.15, -0.1) is 0 Å². The molecule has 0 N–H and O–H groups in total. The van der Waals surface area contributed by atoms with Crippen LogP contribution in [0.5, 0.6) is 0 Å². The molecule has 1 aromatic rings. The second-order valence-corrected chi connectivity index (χ2v) is 3.28. The van der Waals surface area contributed by atoms with Gasteiger partial charge < -0.3 is 0 Å². The van der Waals surface area contributed by atoms with Gasteiger partial charge in [0.05, 0.1) is 6.04 Å². The maximum Gasteiger partial charge on any atom is 0.234 e. The van der Waals surface area contributed by atoms with Gasteiger partial charge in [-0.1, -0.05) is 30.3 Å². The topological polar surface area (TPSA) is 20.3 Å². The van der Waals surface area contributed by atoms with Crippen LogP contribution in [0.4, 0.5) is 0 Å². The van der Waals surface area contributed by atoms with E-state index >= 15 is 0 Å². The van der Waals surface area contributed by atoms with E-state index in [4.69, 9.17) is 11.8 Å². The van der Waals surface area contributed by atoms with Gasteiger partial charge in [-0.05, 0) is 12.5 Å². The molecular formula is C10H12ClNO. The first-order valence-corrected chi connectivity index (χ1v) is 4.47. The Morgan fingerprint density at radius 2 is 1.92 bits per heavy atom. The molecule has 0 aliphatic carbocycles. The molecule has 1 atom stereocenters. The zero-order valence-corrected chi connectivity index (χ0v) is 8.45. The number of hydrogen-bond donors (Lipinski definition) is 0. The van der Waals surface area contributed by atoms with Crippen molar-refractivity contribution in [1.82, 2.24) is 4.42 Å². The van der Waals surface area contributed by atoms with Crippen LogP contribution in [0.2, 0.25) is 0 Å². The number of rotatable bonds is 2. The van der Waals surface area contributed by atoms with Gasteiger partial charge in [-0.3, -0.25) is 4.79 Å². The summed E-state index contributed by atoms with van der Waals surface area (Å²) in [5.74, 6) is -0.141. The van der Waals surface area contributed by atoms with Crippen LogP contribution in [0.15, 0.2) is 30.3 Å². The van der Waals surface area contributed by atoms with Crippen LogP contribution in [0.25, 0.3) is 0 Å². The predicted molar refractivity (Wildman–Crippen MR) is 53.2 cm³/mol. The van der Waals surface area contributed by atoms with E-state index < -0.39 is 0 Å². The van der Waals surface area contributed by atoms with Crippen molar-refractivity contribution >= 4 is 17.7 Å². The smallest absolute Gasteiger partial charge is 0.234 e. The molecule has 2 nitrogen and oxygen atoms in total. The minimum absolute atomic E-state index is 0.0830. The van der Waals surface area contributed by atoms with E-state index in [9.17, 15) is 4.79 Å². The highest BCUT2D eigenvalue weighted by atomic mass is 35.5. The number of nitrogens with zero attached hydrogens (tertiary/aromatic N) is 1. The molecule has 0 saturated heterocycles. The number of hydrogen-bond acceptors (Lipinski definition) is 1. The molecule has 1 rings (SSSR count). The van der Waals surface area contributed by atoms with E-state index in [0.29, 0.717) is 0 Å². The number of halogens is 1. The summed E-state index contributed by atoms with van der Waals surface area (Å²) < 4.78 is 1.20. The van der Waals surface area contributed by atoms with Crippen LogP contribution in [-0.2, 0) is 4.79 Å². The molecule has 0 aromatic heterocycles. The lowest BCUT2D eigenvalue weighted by atomic mass is 10.1. The number of benzene rings is 1. The zero-order valence-electron chi connectivity index (χ0n) is 7.70. The normalized spacial score (nSPS) is 12.2. The third-order valence-electron chi connectivity index (χ3n) is 1.92. The Kier molecular flexibility index (Phi) is 3.32. The van der Waals surface area contributed by atoms with Crippen molar-refractivity contribution in [1.29, 1.82) is 0 Å². The Labute approximate surface area is 83.2 Å². The van der Waals surface area contributed by atoms with E-state index in [1.54, 1.807) is 0 Å². The largest absolute Gasteiger partial charge is 0.274 e. The Hall–Kier alpha value is -1.02. The Balaban J connectivity index is 2.79. The second kappa shape index (κ2) is 4.28. The van der Waals surface area contributed by atoms with Crippen molar-refractivity contribution < 1.29 is 4.79 Å². The second-order valence-electron chi connectivity index (χ2n) is 2.92. The molecule has 0 aliphatic heterocycles. The first-order valence-electron chi connectivity index (χ1n) is 4.13. The molecule has 0 radical (unpaired) electrons. The van der Waals surface area contributed by atoms with E-state index in [2.05, 4.69) is 0 Å². The summed E-state index contributed by atoms with van der Waals surface area (Å²) in [6.07, 6.45) is 0. The monoisotopic (exact) mass is 197 g/mol. The Morgan fingerprint density at radius 3 is 2.38 bits per heavy atom. The summed E-state index contributed by atoms with van der Waals surface area (Å²) in [6, 6.07) is 9.60. The van der Waals surface area contributed by atoms with Crippen molar-refractivity contribution in [2.45, 2.75) is 19.9 Å². The van der Waals surface area contributed by atoms with Crippen LogP contribution in [0.3, 0.4) is 0 Å². The molecule has 0 unspecified atom stereocenters. The van der Waals surface area contributed by atoms with Crippen molar-refractivity contribution in [3.8, 4) is 0 Å². The van der Waals surface area contributed by atoms with Gasteiger partial charge in [0.25, 0.3) is 0 Å². The molecule has 0 aliphatic rings. The van der Waals surface area contributed by atoms with Crippen LogP contribution < -0.4 is 0 Å². The van der Waals surface area contributed by atoms with Crippen molar-refractivity contribution in [2.24, 2.45) is 0 Å². The van der Waals surface area contributed by atoms with E-state index in [1.807, 2.05) is 37.3 Å². The van der Waals surface area contributed by atoms with Gasteiger partial charge in [0.15, 0.2) is 0 Å². The zero-order chi connectivity index (χ0) is 9.84. The van der Waals surface area contributed by atoms with Gasteiger partial charge in [-0.2, -0.15) is 0 Å². The lowest BCUT2D eigenvalue weighted by molar-refractivity contribution is -0.125. The highest BCUT2D eigenvalue weighted by Gasteiger charge is 2.15.